The van der Waals surface area contributed by atoms with E-state index in [2.05, 4.69) is 143 Å². The van der Waals surface area contributed by atoms with Crippen molar-refractivity contribution >= 4 is 54.4 Å². The third kappa shape index (κ3) is 2.86. The number of hydrogen-bond acceptors (Lipinski definition) is 1. The monoisotopic (exact) mass is 509 g/mol. The summed E-state index contributed by atoms with van der Waals surface area (Å²) in [5.74, 6) is 0.928. The first kappa shape index (κ1) is 21.5. The van der Waals surface area contributed by atoms with Crippen LogP contribution in [0.1, 0.15) is 0 Å². The van der Waals surface area contributed by atoms with Gasteiger partial charge in [-0.1, -0.05) is 91.0 Å². The van der Waals surface area contributed by atoms with E-state index in [0.717, 1.165) is 11.4 Å². The summed E-state index contributed by atoms with van der Waals surface area (Å²) in [7, 11) is 0. The number of pyridine rings is 1. The molecule has 0 amide bonds. The Morgan fingerprint density at radius 3 is 2.10 bits per heavy atom. The number of para-hydroxylation sites is 2. The zero-order chi connectivity index (χ0) is 26.2. The second kappa shape index (κ2) is 8.05. The summed E-state index contributed by atoms with van der Waals surface area (Å²) in [5.41, 5.74) is 8.34. The van der Waals surface area contributed by atoms with Crippen LogP contribution in [-0.4, -0.2) is 14.1 Å². The van der Waals surface area contributed by atoms with Crippen LogP contribution in [0, 0.1) is 0 Å². The molecule has 40 heavy (non-hydrogen) atoms. The summed E-state index contributed by atoms with van der Waals surface area (Å²) in [6, 6.07) is 47.9. The molecule has 3 heteroatoms. The molecule has 3 aromatic heterocycles. The Morgan fingerprint density at radius 2 is 1.23 bits per heavy atom. The minimum Gasteiger partial charge on any atom is -0.309 e. The fourth-order valence-electron chi connectivity index (χ4n) is 6.64. The Bertz CT molecular complexity index is 2360. The predicted octanol–water partition coefficient (Wildman–Crippen LogP) is 9.53. The first-order valence-electron chi connectivity index (χ1n) is 13.7. The van der Waals surface area contributed by atoms with Crippen molar-refractivity contribution in [3.05, 3.63) is 140 Å². The van der Waals surface area contributed by atoms with Gasteiger partial charge in [0.15, 0.2) is 0 Å². The smallest absolute Gasteiger partial charge is 0.138 e. The van der Waals surface area contributed by atoms with Gasteiger partial charge in [0.05, 0.1) is 22.1 Å². The molecule has 0 N–H and O–H groups in total. The summed E-state index contributed by atoms with van der Waals surface area (Å²) < 4.78 is 4.78. The third-order valence-electron chi connectivity index (χ3n) is 8.31. The largest absolute Gasteiger partial charge is 0.309 e. The van der Waals surface area contributed by atoms with E-state index in [9.17, 15) is 0 Å². The lowest BCUT2D eigenvalue weighted by atomic mass is 9.99. The minimum absolute atomic E-state index is 0.928. The van der Waals surface area contributed by atoms with Crippen LogP contribution in [0.25, 0.3) is 77.0 Å². The van der Waals surface area contributed by atoms with E-state index >= 15 is 0 Å². The van der Waals surface area contributed by atoms with E-state index in [1.54, 1.807) is 0 Å². The van der Waals surface area contributed by atoms with Gasteiger partial charge < -0.3 is 4.57 Å². The lowest BCUT2D eigenvalue weighted by Gasteiger charge is -2.11. The van der Waals surface area contributed by atoms with Gasteiger partial charge in [0, 0.05) is 38.8 Å². The molecule has 0 aliphatic carbocycles. The van der Waals surface area contributed by atoms with Gasteiger partial charge >= 0.3 is 0 Å². The Morgan fingerprint density at radius 1 is 0.450 bits per heavy atom. The van der Waals surface area contributed by atoms with Gasteiger partial charge in [-0.15, -0.1) is 0 Å². The molecular weight excluding hydrogens is 486 g/mol. The fourth-order valence-corrected chi connectivity index (χ4v) is 6.64. The molecule has 0 spiro atoms. The summed E-state index contributed by atoms with van der Waals surface area (Å²) in [4.78, 5) is 4.92. The van der Waals surface area contributed by atoms with Gasteiger partial charge in [-0.25, -0.2) is 4.98 Å². The number of hydrogen-bond donors (Lipinski definition) is 0. The molecule has 0 radical (unpaired) electrons. The van der Waals surface area contributed by atoms with Gasteiger partial charge in [-0.3, -0.25) is 4.57 Å². The lowest BCUT2D eigenvalue weighted by molar-refractivity contribution is 1.08. The van der Waals surface area contributed by atoms with Gasteiger partial charge in [0.2, 0.25) is 0 Å². The Hall–Kier alpha value is -5.41. The van der Waals surface area contributed by atoms with Crippen LogP contribution >= 0.6 is 0 Å². The highest BCUT2D eigenvalue weighted by Gasteiger charge is 2.23. The summed E-state index contributed by atoms with van der Waals surface area (Å²) in [6.45, 7) is 0. The molecule has 9 rings (SSSR count). The van der Waals surface area contributed by atoms with Crippen LogP contribution in [0.3, 0.4) is 0 Å². The second-order valence-electron chi connectivity index (χ2n) is 10.4. The van der Waals surface area contributed by atoms with E-state index < -0.39 is 0 Å². The molecule has 0 saturated heterocycles. The van der Waals surface area contributed by atoms with Crippen LogP contribution < -0.4 is 0 Å². The number of aromatic nitrogens is 3. The minimum atomic E-state index is 0.928. The third-order valence-corrected chi connectivity index (χ3v) is 8.31. The van der Waals surface area contributed by atoms with Crippen molar-refractivity contribution < 1.29 is 0 Å². The van der Waals surface area contributed by atoms with Crippen molar-refractivity contribution in [3.63, 3.8) is 0 Å². The number of benzene rings is 6. The normalized spacial score (nSPS) is 12.0. The number of nitrogens with zero attached hydrogens (tertiary/aromatic N) is 3. The summed E-state index contributed by atoms with van der Waals surface area (Å²) in [6.07, 6.45) is 1.93. The van der Waals surface area contributed by atoms with Gasteiger partial charge in [0.25, 0.3) is 0 Å². The molecule has 0 aliphatic rings. The SMILES string of the molecule is c1ccc(-c2ccnc(-n3c4cccc5ccc6c(c54)c3cc3c4ccccc4n(-c4ccccc4)c36)c2)cc1. The fraction of sp³-hybridized carbons (Fsp3) is 0. The van der Waals surface area contributed by atoms with Gasteiger partial charge in [-0.2, -0.15) is 0 Å². The van der Waals surface area contributed by atoms with E-state index in [1.165, 1.54) is 65.6 Å². The van der Waals surface area contributed by atoms with E-state index in [-0.39, 0.29) is 0 Å². The van der Waals surface area contributed by atoms with Crippen molar-refractivity contribution in [2.24, 2.45) is 0 Å². The molecule has 186 valence electrons. The van der Waals surface area contributed by atoms with Crippen LogP contribution in [0.4, 0.5) is 0 Å². The van der Waals surface area contributed by atoms with Crippen molar-refractivity contribution in [2.45, 2.75) is 0 Å². The zero-order valence-corrected chi connectivity index (χ0v) is 21.6. The van der Waals surface area contributed by atoms with Crippen molar-refractivity contribution in [1.29, 1.82) is 0 Å². The van der Waals surface area contributed by atoms with E-state index in [4.69, 9.17) is 4.98 Å². The Balaban J connectivity index is 1.47. The predicted molar refractivity (Wildman–Crippen MR) is 167 cm³/mol. The first-order valence-corrected chi connectivity index (χ1v) is 13.7. The van der Waals surface area contributed by atoms with E-state index in [1.807, 2.05) is 6.20 Å². The average Bonchev–Trinajstić information content (AvgIpc) is 3.54. The average molecular weight is 510 g/mol. The van der Waals surface area contributed by atoms with Crippen molar-refractivity contribution in [3.8, 4) is 22.6 Å². The Kier molecular flexibility index (Phi) is 4.33. The molecule has 3 nitrogen and oxygen atoms in total. The highest BCUT2D eigenvalue weighted by Crippen LogP contribution is 2.45. The standard InChI is InChI=1S/C37H23N3/c1-3-10-24(11-4-1)26-20-21-38-34(22-26)40-32-17-9-12-25-18-19-29-36(35(25)32)33(40)23-30-28-15-7-8-16-31(28)39(37(29)30)27-13-5-2-6-14-27/h1-23H. The molecule has 0 bridgehead atoms. The van der Waals surface area contributed by atoms with Crippen molar-refractivity contribution in [1.82, 2.24) is 14.1 Å². The number of rotatable bonds is 3. The molecule has 0 fully saturated rings. The summed E-state index contributed by atoms with van der Waals surface area (Å²) >= 11 is 0. The molecule has 0 atom stereocenters. The maximum atomic E-state index is 4.92. The van der Waals surface area contributed by atoms with E-state index in [0.29, 0.717) is 0 Å². The Labute approximate surface area is 230 Å². The second-order valence-corrected chi connectivity index (χ2v) is 10.4. The maximum absolute atomic E-state index is 4.92. The summed E-state index contributed by atoms with van der Waals surface area (Å²) in [5, 5.41) is 7.57. The highest BCUT2D eigenvalue weighted by atomic mass is 15.1. The number of fused-ring (bicyclic) bond motifs is 4. The molecule has 3 heterocycles. The molecular formula is C37H23N3. The molecule has 6 aromatic carbocycles. The highest BCUT2D eigenvalue weighted by molar-refractivity contribution is 6.32. The molecule has 9 aromatic rings. The van der Waals surface area contributed by atoms with Crippen LogP contribution in [0.2, 0.25) is 0 Å². The van der Waals surface area contributed by atoms with Crippen LogP contribution in [-0.2, 0) is 0 Å². The van der Waals surface area contributed by atoms with Crippen molar-refractivity contribution in [2.75, 3.05) is 0 Å². The first-order chi connectivity index (χ1) is 19.9. The molecule has 0 unspecified atom stereocenters. The quantitative estimate of drug-likeness (QED) is 0.217. The van der Waals surface area contributed by atoms with Crippen LogP contribution in [0.5, 0.6) is 0 Å². The topological polar surface area (TPSA) is 22.8 Å². The molecule has 0 saturated carbocycles. The lowest BCUT2D eigenvalue weighted by Crippen LogP contribution is -1.98. The van der Waals surface area contributed by atoms with Gasteiger partial charge in [-0.05, 0) is 59.0 Å². The molecule has 0 aliphatic heterocycles. The van der Waals surface area contributed by atoms with Gasteiger partial charge in [0.1, 0.15) is 5.82 Å². The zero-order valence-electron chi connectivity index (χ0n) is 21.6. The maximum Gasteiger partial charge on any atom is 0.138 e. The van der Waals surface area contributed by atoms with Crippen LogP contribution in [0.15, 0.2) is 140 Å².